The van der Waals surface area contributed by atoms with Gasteiger partial charge in [0.1, 0.15) is 11.5 Å². The molecule has 0 spiro atoms. The van der Waals surface area contributed by atoms with Crippen LogP contribution in [0.4, 0.5) is 0 Å². The Balaban J connectivity index is 1.61. The van der Waals surface area contributed by atoms with E-state index in [1.807, 2.05) is 48.5 Å². The van der Waals surface area contributed by atoms with Gasteiger partial charge in [0, 0.05) is 36.4 Å². The molecule has 0 saturated heterocycles. The normalized spacial score (nSPS) is 14.7. The molecule has 30 heavy (non-hydrogen) atoms. The second-order valence-corrected chi connectivity index (χ2v) is 8.93. The fourth-order valence-electron chi connectivity index (χ4n) is 3.77. The fraction of sp³-hybridized carbons (Fsp3) is 0.130. The van der Waals surface area contributed by atoms with Crippen molar-refractivity contribution >= 4 is 20.9 Å². The summed E-state index contributed by atoms with van der Waals surface area (Å²) in [4.78, 5) is 8.88. The van der Waals surface area contributed by atoms with Gasteiger partial charge in [0.05, 0.1) is 5.52 Å². The summed E-state index contributed by atoms with van der Waals surface area (Å²) in [5.74, 6) is 0.477. The monoisotopic (exact) mass is 417 g/mol. The van der Waals surface area contributed by atoms with Crippen LogP contribution in [0.5, 0.6) is 5.88 Å². The Morgan fingerprint density at radius 1 is 0.867 bits per heavy atom. The van der Waals surface area contributed by atoms with E-state index in [9.17, 15) is 8.42 Å². The van der Waals surface area contributed by atoms with E-state index in [0.29, 0.717) is 11.4 Å². The minimum absolute atomic E-state index is 0.180. The van der Waals surface area contributed by atoms with Gasteiger partial charge in [-0.2, -0.15) is 4.31 Å². The van der Waals surface area contributed by atoms with E-state index < -0.39 is 10.0 Å². The maximum absolute atomic E-state index is 13.6. The summed E-state index contributed by atoms with van der Waals surface area (Å²) in [6.45, 7) is 0.644. The van der Waals surface area contributed by atoms with Gasteiger partial charge in [-0.05, 0) is 29.3 Å². The summed E-state index contributed by atoms with van der Waals surface area (Å²) < 4.78 is 34.5. The lowest BCUT2D eigenvalue weighted by atomic mass is 10.0. The number of nitrogens with zero attached hydrogens (tertiary/aromatic N) is 3. The number of hydrogen-bond donors (Lipinski definition) is 0. The lowest BCUT2D eigenvalue weighted by molar-refractivity contribution is 0.285. The standard InChI is InChI=1S/C23H19N3O3S/c27-30(28,21-10-4-8-18-9-5-12-24-22(18)21)26-14-15-29-23-20(16-26)19(11-13-25-23)17-6-2-1-3-7-17/h1-13H,14-16H2. The van der Waals surface area contributed by atoms with Crippen molar-refractivity contribution < 1.29 is 13.2 Å². The summed E-state index contributed by atoms with van der Waals surface area (Å²) in [5, 5.41) is 0.789. The van der Waals surface area contributed by atoms with Crippen LogP contribution in [0.15, 0.2) is 84.0 Å². The molecule has 2 aromatic carbocycles. The van der Waals surface area contributed by atoms with Crippen LogP contribution in [0.25, 0.3) is 22.0 Å². The van der Waals surface area contributed by atoms with Crippen LogP contribution in [0, 0.1) is 0 Å². The molecule has 0 radical (unpaired) electrons. The predicted octanol–water partition coefficient (Wildman–Crippen LogP) is 3.88. The maximum Gasteiger partial charge on any atom is 0.245 e. The Hall–Kier alpha value is -3.29. The Morgan fingerprint density at radius 3 is 2.57 bits per heavy atom. The summed E-state index contributed by atoms with van der Waals surface area (Å²) in [6.07, 6.45) is 3.31. The Labute approximate surface area is 174 Å². The molecule has 6 nitrogen and oxygen atoms in total. The molecule has 0 unspecified atom stereocenters. The van der Waals surface area contributed by atoms with E-state index in [0.717, 1.165) is 22.1 Å². The zero-order valence-electron chi connectivity index (χ0n) is 16.1. The number of ether oxygens (including phenoxy) is 1. The third kappa shape index (κ3) is 3.22. The van der Waals surface area contributed by atoms with E-state index in [1.54, 1.807) is 30.6 Å². The number of rotatable bonds is 3. The van der Waals surface area contributed by atoms with Crippen LogP contribution in [-0.4, -0.2) is 35.8 Å². The topological polar surface area (TPSA) is 72.4 Å². The zero-order chi connectivity index (χ0) is 20.6. The van der Waals surface area contributed by atoms with Gasteiger partial charge in [-0.3, -0.25) is 4.98 Å². The minimum atomic E-state index is -3.79. The van der Waals surface area contributed by atoms with Crippen molar-refractivity contribution in [3.05, 3.63) is 84.7 Å². The van der Waals surface area contributed by atoms with Crippen LogP contribution < -0.4 is 4.74 Å². The largest absolute Gasteiger partial charge is 0.476 e. The van der Waals surface area contributed by atoms with Crippen molar-refractivity contribution in [2.45, 2.75) is 11.4 Å². The molecule has 3 heterocycles. The third-order valence-electron chi connectivity index (χ3n) is 5.23. The summed E-state index contributed by atoms with van der Waals surface area (Å²) in [7, 11) is -3.79. The molecule has 2 aromatic heterocycles. The van der Waals surface area contributed by atoms with Crippen LogP contribution in [0.1, 0.15) is 5.56 Å². The first-order valence-electron chi connectivity index (χ1n) is 9.64. The quantitative estimate of drug-likeness (QED) is 0.506. The van der Waals surface area contributed by atoms with Gasteiger partial charge in [-0.25, -0.2) is 13.4 Å². The predicted molar refractivity (Wildman–Crippen MR) is 115 cm³/mol. The second-order valence-electron chi connectivity index (χ2n) is 7.03. The average Bonchev–Trinajstić information content (AvgIpc) is 3.02. The molecule has 150 valence electrons. The van der Waals surface area contributed by atoms with Gasteiger partial charge < -0.3 is 4.74 Å². The van der Waals surface area contributed by atoms with Gasteiger partial charge in [-0.1, -0.05) is 48.5 Å². The molecule has 0 bridgehead atoms. The van der Waals surface area contributed by atoms with Crippen LogP contribution in [-0.2, 0) is 16.6 Å². The first-order chi connectivity index (χ1) is 14.6. The number of sulfonamides is 1. The van der Waals surface area contributed by atoms with Gasteiger partial charge in [0.15, 0.2) is 0 Å². The van der Waals surface area contributed by atoms with E-state index in [2.05, 4.69) is 9.97 Å². The van der Waals surface area contributed by atoms with Gasteiger partial charge in [0.25, 0.3) is 0 Å². The number of pyridine rings is 2. The minimum Gasteiger partial charge on any atom is -0.476 e. The highest BCUT2D eigenvalue weighted by Crippen LogP contribution is 2.34. The molecule has 7 heteroatoms. The van der Waals surface area contributed by atoms with Gasteiger partial charge in [-0.15, -0.1) is 0 Å². The molecule has 0 atom stereocenters. The van der Waals surface area contributed by atoms with E-state index in [-0.39, 0.29) is 24.6 Å². The molecule has 1 aliphatic rings. The van der Waals surface area contributed by atoms with Gasteiger partial charge >= 0.3 is 0 Å². The van der Waals surface area contributed by atoms with E-state index in [4.69, 9.17) is 4.74 Å². The van der Waals surface area contributed by atoms with Crippen LogP contribution in [0.3, 0.4) is 0 Å². The van der Waals surface area contributed by atoms with Crippen molar-refractivity contribution in [2.75, 3.05) is 13.2 Å². The Morgan fingerprint density at radius 2 is 1.70 bits per heavy atom. The smallest absolute Gasteiger partial charge is 0.245 e. The SMILES string of the molecule is O=S(=O)(c1cccc2cccnc12)N1CCOc2nccc(-c3ccccc3)c2C1. The van der Waals surface area contributed by atoms with Crippen molar-refractivity contribution in [1.82, 2.24) is 14.3 Å². The molecule has 0 saturated carbocycles. The summed E-state index contributed by atoms with van der Waals surface area (Å²) >= 11 is 0. The van der Waals surface area contributed by atoms with Crippen molar-refractivity contribution in [1.29, 1.82) is 0 Å². The molecular weight excluding hydrogens is 398 g/mol. The first kappa shape index (κ1) is 18.7. The molecule has 0 N–H and O–H groups in total. The molecule has 0 fully saturated rings. The second kappa shape index (κ2) is 7.51. The van der Waals surface area contributed by atoms with Crippen molar-refractivity contribution in [3.63, 3.8) is 0 Å². The summed E-state index contributed by atoms with van der Waals surface area (Å²) in [6, 6.07) is 20.6. The number of fused-ring (bicyclic) bond motifs is 2. The maximum atomic E-state index is 13.6. The highest BCUT2D eigenvalue weighted by Gasteiger charge is 2.31. The van der Waals surface area contributed by atoms with Crippen molar-refractivity contribution in [3.8, 4) is 17.0 Å². The van der Waals surface area contributed by atoms with Crippen LogP contribution >= 0.6 is 0 Å². The Kier molecular flexibility index (Phi) is 4.69. The molecule has 4 aromatic rings. The number of benzene rings is 2. The lowest BCUT2D eigenvalue weighted by Gasteiger charge is -2.21. The zero-order valence-corrected chi connectivity index (χ0v) is 16.9. The number of aromatic nitrogens is 2. The highest BCUT2D eigenvalue weighted by atomic mass is 32.2. The van der Waals surface area contributed by atoms with E-state index >= 15 is 0 Å². The number of para-hydroxylation sites is 1. The van der Waals surface area contributed by atoms with Crippen LogP contribution in [0.2, 0.25) is 0 Å². The molecular formula is C23H19N3O3S. The van der Waals surface area contributed by atoms with Gasteiger partial charge in [0.2, 0.25) is 15.9 Å². The Bertz CT molecular complexity index is 1320. The van der Waals surface area contributed by atoms with Crippen molar-refractivity contribution in [2.24, 2.45) is 0 Å². The summed E-state index contributed by atoms with van der Waals surface area (Å²) in [5.41, 5.74) is 3.14. The first-order valence-corrected chi connectivity index (χ1v) is 11.1. The molecule has 0 aliphatic carbocycles. The lowest BCUT2D eigenvalue weighted by Crippen LogP contribution is -2.32. The number of hydrogen-bond acceptors (Lipinski definition) is 5. The van der Waals surface area contributed by atoms with E-state index in [1.165, 1.54) is 4.31 Å². The average molecular weight is 417 g/mol. The fourth-order valence-corrected chi connectivity index (χ4v) is 5.32. The molecule has 0 amide bonds. The molecule has 5 rings (SSSR count). The highest BCUT2D eigenvalue weighted by molar-refractivity contribution is 7.89. The third-order valence-corrected chi connectivity index (χ3v) is 7.11. The molecule has 1 aliphatic heterocycles.